The number of alkyl halides is 1. The zero-order valence-corrected chi connectivity index (χ0v) is 9.38. The normalized spacial score (nSPS) is 15.2. The van der Waals surface area contributed by atoms with E-state index in [1.807, 2.05) is 31.2 Å². The molecule has 0 aromatic heterocycles. The first-order valence-electron chi connectivity index (χ1n) is 4.92. The van der Waals surface area contributed by atoms with Crippen molar-refractivity contribution < 1.29 is 9.47 Å². The summed E-state index contributed by atoms with van der Waals surface area (Å²) in [6.45, 7) is 3.25. The van der Waals surface area contributed by atoms with Crippen molar-refractivity contribution in [1.29, 1.82) is 0 Å². The fourth-order valence-electron chi connectivity index (χ4n) is 1.47. The van der Waals surface area contributed by atoms with Gasteiger partial charge in [0.15, 0.2) is 11.5 Å². The van der Waals surface area contributed by atoms with E-state index in [0.29, 0.717) is 19.1 Å². The molecule has 0 fully saturated rings. The van der Waals surface area contributed by atoms with Gasteiger partial charge < -0.3 is 9.47 Å². The second kappa shape index (κ2) is 4.58. The molecule has 2 nitrogen and oxygen atoms in total. The third-order valence-corrected chi connectivity index (χ3v) is 2.61. The lowest BCUT2D eigenvalue weighted by Crippen LogP contribution is -2.15. The Hall–Kier alpha value is -1.15. The summed E-state index contributed by atoms with van der Waals surface area (Å²) in [5.41, 5.74) is 2.23. The largest absolute Gasteiger partial charge is 0.486 e. The van der Waals surface area contributed by atoms with Crippen LogP contribution in [0.1, 0.15) is 12.5 Å². The van der Waals surface area contributed by atoms with Crippen molar-refractivity contribution in [1.82, 2.24) is 0 Å². The number of halogens is 1. The van der Waals surface area contributed by atoms with Crippen LogP contribution in [0.4, 0.5) is 0 Å². The van der Waals surface area contributed by atoms with Gasteiger partial charge in [0.1, 0.15) is 13.2 Å². The summed E-state index contributed by atoms with van der Waals surface area (Å²) in [7, 11) is 0. The number of benzene rings is 1. The van der Waals surface area contributed by atoms with E-state index in [0.717, 1.165) is 22.6 Å². The van der Waals surface area contributed by atoms with Crippen LogP contribution in [-0.2, 0) is 0 Å². The van der Waals surface area contributed by atoms with Crippen LogP contribution >= 0.6 is 11.6 Å². The van der Waals surface area contributed by atoms with Crippen molar-refractivity contribution in [3.63, 3.8) is 0 Å². The molecule has 1 aliphatic rings. The van der Waals surface area contributed by atoms with Crippen LogP contribution in [0.15, 0.2) is 23.8 Å². The molecule has 0 amide bonds. The van der Waals surface area contributed by atoms with Crippen molar-refractivity contribution in [3.05, 3.63) is 29.3 Å². The van der Waals surface area contributed by atoms with Crippen LogP contribution in [0.2, 0.25) is 0 Å². The van der Waals surface area contributed by atoms with Crippen molar-refractivity contribution in [2.45, 2.75) is 6.92 Å². The molecule has 0 radical (unpaired) electrons. The quantitative estimate of drug-likeness (QED) is 0.719. The minimum absolute atomic E-state index is 0.550. The first-order valence-corrected chi connectivity index (χ1v) is 5.46. The summed E-state index contributed by atoms with van der Waals surface area (Å²) in [5, 5.41) is 0. The maximum Gasteiger partial charge on any atom is 0.161 e. The molecule has 0 saturated carbocycles. The molecule has 1 aliphatic heterocycles. The fraction of sp³-hybridized carbons (Fsp3) is 0.333. The highest BCUT2D eigenvalue weighted by atomic mass is 35.5. The fourth-order valence-corrected chi connectivity index (χ4v) is 1.55. The van der Waals surface area contributed by atoms with Crippen LogP contribution in [0.5, 0.6) is 11.5 Å². The summed E-state index contributed by atoms with van der Waals surface area (Å²) in [6, 6.07) is 5.91. The summed E-state index contributed by atoms with van der Waals surface area (Å²) < 4.78 is 10.9. The molecule has 1 aromatic carbocycles. The number of rotatable bonds is 2. The Labute approximate surface area is 94.5 Å². The Bertz CT molecular complexity index is 385. The van der Waals surface area contributed by atoms with Crippen molar-refractivity contribution >= 4 is 17.7 Å². The molecule has 0 spiro atoms. The molecule has 0 N–H and O–H groups in total. The molecule has 0 bridgehead atoms. The average Bonchev–Trinajstić information content (AvgIpc) is 2.29. The standard InChI is InChI=1S/C12H13ClO2/c1-9(8-13)6-10-2-3-11-12(7-10)15-5-4-14-11/h2-3,6-7H,4-5,8H2,1H3/b9-6-. The van der Waals surface area contributed by atoms with Gasteiger partial charge in [-0.25, -0.2) is 0 Å². The zero-order chi connectivity index (χ0) is 10.7. The molecule has 3 heteroatoms. The van der Waals surface area contributed by atoms with E-state index in [1.165, 1.54) is 0 Å². The number of allylic oxidation sites excluding steroid dienone is 1. The van der Waals surface area contributed by atoms with E-state index >= 15 is 0 Å². The van der Waals surface area contributed by atoms with Gasteiger partial charge in [-0.15, -0.1) is 11.6 Å². The number of hydrogen-bond donors (Lipinski definition) is 0. The van der Waals surface area contributed by atoms with Gasteiger partial charge in [-0.05, 0) is 24.6 Å². The van der Waals surface area contributed by atoms with Gasteiger partial charge in [-0.1, -0.05) is 17.7 Å². The molecule has 0 atom stereocenters. The summed E-state index contributed by atoms with van der Waals surface area (Å²) in [5.74, 6) is 2.19. The number of fused-ring (bicyclic) bond motifs is 1. The lowest BCUT2D eigenvalue weighted by atomic mass is 10.1. The molecule has 2 rings (SSSR count). The van der Waals surface area contributed by atoms with E-state index in [9.17, 15) is 0 Å². The van der Waals surface area contributed by atoms with E-state index in [-0.39, 0.29) is 0 Å². The SMILES string of the molecule is C/C(=C/c1ccc2c(c1)OCCO2)CCl. The van der Waals surface area contributed by atoms with Crippen LogP contribution in [0.3, 0.4) is 0 Å². The lowest BCUT2D eigenvalue weighted by Gasteiger charge is -2.18. The molecule has 15 heavy (non-hydrogen) atoms. The first-order chi connectivity index (χ1) is 7.29. The molecule has 1 aromatic rings. The Morgan fingerprint density at radius 3 is 2.80 bits per heavy atom. The zero-order valence-electron chi connectivity index (χ0n) is 8.63. The first kappa shape index (κ1) is 10.4. The van der Waals surface area contributed by atoms with Gasteiger partial charge in [-0.2, -0.15) is 0 Å². The van der Waals surface area contributed by atoms with Crippen LogP contribution in [-0.4, -0.2) is 19.1 Å². The summed E-state index contributed by atoms with van der Waals surface area (Å²) in [4.78, 5) is 0. The Morgan fingerprint density at radius 1 is 1.33 bits per heavy atom. The van der Waals surface area contributed by atoms with Gasteiger partial charge >= 0.3 is 0 Å². The van der Waals surface area contributed by atoms with Gasteiger partial charge in [0, 0.05) is 5.88 Å². The molecule has 0 unspecified atom stereocenters. The topological polar surface area (TPSA) is 18.5 Å². The van der Waals surface area contributed by atoms with Gasteiger partial charge in [0.05, 0.1) is 0 Å². The molecule has 80 valence electrons. The van der Waals surface area contributed by atoms with Gasteiger partial charge in [0.25, 0.3) is 0 Å². The summed E-state index contributed by atoms with van der Waals surface area (Å²) in [6.07, 6.45) is 2.05. The maximum absolute atomic E-state index is 5.72. The van der Waals surface area contributed by atoms with Gasteiger partial charge in [-0.3, -0.25) is 0 Å². The maximum atomic E-state index is 5.72. The van der Waals surface area contributed by atoms with Crippen LogP contribution in [0.25, 0.3) is 6.08 Å². The average molecular weight is 225 g/mol. The highest BCUT2D eigenvalue weighted by molar-refractivity contribution is 6.19. The minimum Gasteiger partial charge on any atom is -0.486 e. The predicted molar refractivity (Wildman–Crippen MR) is 61.8 cm³/mol. The molecular formula is C12H13ClO2. The molecular weight excluding hydrogens is 212 g/mol. The molecule has 0 aliphatic carbocycles. The summed E-state index contributed by atoms with van der Waals surface area (Å²) >= 11 is 5.72. The minimum atomic E-state index is 0.550. The predicted octanol–water partition coefficient (Wildman–Crippen LogP) is 3.10. The second-order valence-corrected chi connectivity index (χ2v) is 3.79. The smallest absolute Gasteiger partial charge is 0.161 e. The van der Waals surface area contributed by atoms with Crippen molar-refractivity contribution in [2.24, 2.45) is 0 Å². The van der Waals surface area contributed by atoms with Crippen molar-refractivity contribution in [2.75, 3.05) is 19.1 Å². The number of ether oxygens (including phenoxy) is 2. The number of hydrogen-bond acceptors (Lipinski definition) is 2. The van der Waals surface area contributed by atoms with E-state index in [4.69, 9.17) is 21.1 Å². The molecule has 0 saturated heterocycles. The Balaban J connectivity index is 2.28. The highest BCUT2D eigenvalue weighted by Crippen LogP contribution is 2.31. The second-order valence-electron chi connectivity index (χ2n) is 3.53. The third kappa shape index (κ3) is 2.45. The Morgan fingerprint density at radius 2 is 2.07 bits per heavy atom. The monoisotopic (exact) mass is 224 g/mol. The van der Waals surface area contributed by atoms with Crippen LogP contribution < -0.4 is 9.47 Å². The lowest BCUT2D eigenvalue weighted by molar-refractivity contribution is 0.171. The molecule has 1 heterocycles. The van der Waals surface area contributed by atoms with E-state index in [1.54, 1.807) is 0 Å². The van der Waals surface area contributed by atoms with Crippen LogP contribution in [0, 0.1) is 0 Å². The third-order valence-electron chi connectivity index (χ3n) is 2.19. The van der Waals surface area contributed by atoms with E-state index in [2.05, 4.69) is 0 Å². The highest BCUT2D eigenvalue weighted by Gasteiger charge is 2.10. The van der Waals surface area contributed by atoms with Crippen molar-refractivity contribution in [3.8, 4) is 11.5 Å². The van der Waals surface area contributed by atoms with Gasteiger partial charge in [0.2, 0.25) is 0 Å². The Kier molecular flexibility index (Phi) is 3.17. The van der Waals surface area contributed by atoms with E-state index < -0.39 is 0 Å².